The Labute approximate surface area is 166 Å². The van der Waals surface area contributed by atoms with Crippen molar-refractivity contribution in [2.24, 2.45) is 4.99 Å². The Morgan fingerprint density at radius 2 is 1.96 bits per heavy atom. The Morgan fingerprint density at radius 3 is 2.58 bits per heavy atom. The lowest BCUT2D eigenvalue weighted by Crippen LogP contribution is -2.46. The third-order valence-corrected chi connectivity index (χ3v) is 6.57. The van der Waals surface area contributed by atoms with Crippen molar-refractivity contribution >= 4 is 31.7 Å². The third-order valence-electron chi connectivity index (χ3n) is 5.05. The smallest absolute Gasteiger partial charge is 0.191 e. The van der Waals surface area contributed by atoms with E-state index in [4.69, 9.17) is 0 Å². The summed E-state index contributed by atoms with van der Waals surface area (Å²) in [4.78, 5) is 4.28. The summed E-state index contributed by atoms with van der Waals surface area (Å²) in [5, 5.41) is 6.70. The first kappa shape index (κ1) is 21.2. The van der Waals surface area contributed by atoms with E-state index in [0.717, 1.165) is 17.0 Å². The number of rotatable bonds is 7. The summed E-state index contributed by atoms with van der Waals surface area (Å²) >= 11 is 3.60. The highest BCUT2D eigenvalue weighted by Crippen LogP contribution is 2.39. The number of hydrogen-bond donors (Lipinski definition) is 2. The van der Waals surface area contributed by atoms with Gasteiger partial charge < -0.3 is 10.6 Å². The monoisotopic (exact) mass is 443 g/mol. The first-order valence-electron chi connectivity index (χ1n) is 9.23. The molecule has 2 N–H and O–H groups in total. The Balaban J connectivity index is 1.97. The van der Waals surface area contributed by atoms with Crippen LogP contribution in [-0.4, -0.2) is 46.5 Å². The van der Waals surface area contributed by atoms with Crippen LogP contribution in [0, 0.1) is 0 Å². The summed E-state index contributed by atoms with van der Waals surface area (Å²) < 4.78 is 23.6. The molecule has 1 aromatic carbocycles. The highest BCUT2D eigenvalue weighted by atomic mass is 79.9. The molecule has 7 heteroatoms. The molecule has 5 nitrogen and oxygen atoms in total. The second kappa shape index (κ2) is 9.74. The molecule has 1 aliphatic carbocycles. The molecule has 0 aromatic heterocycles. The van der Waals surface area contributed by atoms with Crippen molar-refractivity contribution in [3.8, 4) is 0 Å². The zero-order valence-corrected chi connectivity index (χ0v) is 18.1. The van der Waals surface area contributed by atoms with Crippen molar-refractivity contribution < 1.29 is 8.42 Å². The molecule has 0 heterocycles. The third kappa shape index (κ3) is 6.58. The van der Waals surface area contributed by atoms with E-state index >= 15 is 0 Å². The van der Waals surface area contributed by atoms with Crippen molar-refractivity contribution in [1.29, 1.82) is 0 Å². The van der Waals surface area contributed by atoms with Gasteiger partial charge in [-0.1, -0.05) is 47.3 Å². The number of aliphatic imine (C=N–C) groups is 1. The van der Waals surface area contributed by atoms with Gasteiger partial charge in [0, 0.05) is 36.3 Å². The predicted molar refractivity (Wildman–Crippen MR) is 113 cm³/mol. The van der Waals surface area contributed by atoms with Crippen molar-refractivity contribution in [2.75, 3.05) is 32.1 Å². The van der Waals surface area contributed by atoms with Gasteiger partial charge in [0.05, 0.1) is 5.75 Å². The SMILES string of the molecule is CN=C(NCCCS(C)(=O)=O)NCC1(c2cccc(Br)c2)CCCCC1. The van der Waals surface area contributed by atoms with Gasteiger partial charge in [0.15, 0.2) is 5.96 Å². The molecule has 1 fully saturated rings. The number of nitrogens with zero attached hydrogens (tertiary/aromatic N) is 1. The summed E-state index contributed by atoms with van der Waals surface area (Å²) in [5.74, 6) is 0.928. The minimum atomic E-state index is -2.91. The number of guanidine groups is 1. The van der Waals surface area contributed by atoms with Crippen LogP contribution in [0.5, 0.6) is 0 Å². The molecule has 2 rings (SSSR count). The van der Waals surface area contributed by atoms with Crippen molar-refractivity contribution in [1.82, 2.24) is 10.6 Å². The molecule has 1 saturated carbocycles. The van der Waals surface area contributed by atoms with Gasteiger partial charge in [-0.3, -0.25) is 4.99 Å². The number of hydrogen-bond acceptors (Lipinski definition) is 3. The van der Waals surface area contributed by atoms with Gasteiger partial charge in [-0.25, -0.2) is 8.42 Å². The Kier molecular flexibility index (Phi) is 7.95. The zero-order valence-electron chi connectivity index (χ0n) is 15.7. The summed E-state index contributed by atoms with van der Waals surface area (Å²) in [6.45, 7) is 1.42. The first-order valence-corrected chi connectivity index (χ1v) is 12.1. The quantitative estimate of drug-likeness (QED) is 0.385. The van der Waals surface area contributed by atoms with E-state index in [1.165, 1.54) is 43.9 Å². The summed E-state index contributed by atoms with van der Waals surface area (Å²) in [7, 11) is -1.16. The van der Waals surface area contributed by atoms with Crippen LogP contribution in [-0.2, 0) is 15.3 Å². The standard InChI is InChI=1S/C19H30BrN3O2S/c1-21-18(22-12-7-13-26(2,24)25)23-15-19(10-4-3-5-11-19)16-8-6-9-17(20)14-16/h6,8-9,14H,3-5,7,10-13,15H2,1-2H3,(H2,21,22,23). The molecule has 0 bridgehead atoms. The molecular weight excluding hydrogens is 414 g/mol. The Bertz CT molecular complexity index is 713. The minimum Gasteiger partial charge on any atom is -0.356 e. The minimum absolute atomic E-state index is 0.117. The normalized spacial score (nSPS) is 17.7. The van der Waals surface area contributed by atoms with Gasteiger partial charge in [-0.05, 0) is 37.0 Å². The zero-order chi connectivity index (χ0) is 19.0. The molecule has 0 saturated heterocycles. The van der Waals surface area contributed by atoms with E-state index in [0.29, 0.717) is 13.0 Å². The van der Waals surface area contributed by atoms with Crippen LogP contribution in [0.4, 0.5) is 0 Å². The fourth-order valence-electron chi connectivity index (χ4n) is 3.63. The van der Waals surface area contributed by atoms with Crippen LogP contribution in [0.2, 0.25) is 0 Å². The maximum absolute atomic E-state index is 11.2. The van der Waals surface area contributed by atoms with Crippen molar-refractivity contribution in [3.05, 3.63) is 34.3 Å². The summed E-state index contributed by atoms with van der Waals surface area (Å²) in [5.41, 5.74) is 1.48. The Hall–Kier alpha value is -1.08. The molecule has 0 unspecified atom stereocenters. The molecule has 0 amide bonds. The molecule has 0 radical (unpaired) electrons. The molecule has 0 spiro atoms. The lowest BCUT2D eigenvalue weighted by molar-refractivity contribution is 0.291. The first-order chi connectivity index (χ1) is 12.3. The van der Waals surface area contributed by atoms with Gasteiger partial charge in [0.1, 0.15) is 9.84 Å². The molecule has 1 aliphatic rings. The van der Waals surface area contributed by atoms with E-state index in [2.05, 4.69) is 55.8 Å². The lowest BCUT2D eigenvalue weighted by Gasteiger charge is -2.38. The van der Waals surface area contributed by atoms with Crippen molar-refractivity contribution in [3.63, 3.8) is 0 Å². The van der Waals surface area contributed by atoms with E-state index in [9.17, 15) is 8.42 Å². The molecular formula is C19H30BrN3O2S. The molecule has 1 aromatic rings. The van der Waals surface area contributed by atoms with Gasteiger partial charge in [-0.15, -0.1) is 0 Å². The lowest BCUT2D eigenvalue weighted by atomic mass is 9.69. The average molecular weight is 444 g/mol. The maximum atomic E-state index is 11.2. The molecule has 146 valence electrons. The molecule has 26 heavy (non-hydrogen) atoms. The molecule has 0 aliphatic heterocycles. The predicted octanol–water partition coefficient (Wildman–Crippen LogP) is 3.25. The van der Waals surface area contributed by atoms with E-state index < -0.39 is 9.84 Å². The van der Waals surface area contributed by atoms with E-state index in [-0.39, 0.29) is 11.2 Å². The summed E-state index contributed by atoms with van der Waals surface area (Å²) in [6.07, 6.45) is 7.97. The van der Waals surface area contributed by atoms with Crippen LogP contribution in [0.3, 0.4) is 0 Å². The van der Waals surface area contributed by atoms with Gasteiger partial charge in [0.25, 0.3) is 0 Å². The van der Waals surface area contributed by atoms with Crippen LogP contribution in [0.15, 0.2) is 33.7 Å². The fourth-order valence-corrected chi connectivity index (χ4v) is 4.70. The van der Waals surface area contributed by atoms with Crippen LogP contribution >= 0.6 is 15.9 Å². The van der Waals surface area contributed by atoms with Crippen LogP contribution in [0.1, 0.15) is 44.1 Å². The highest BCUT2D eigenvalue weighted by Gasteiger charge is 2.34. The van der Waals surface area contributed by atoms with Gasteiger partial charge in [0.2, 0.25) is 0 Å². The second-order valence-corrected chi connectivity index (χ2v) is 10.4. The van der Waals surface area contributed by atoms with Gasteiger partial charge in [-0.2, -0.15) is 0 Å². The fraction of sp³-hybridized carbons (Fsp3) is 0.632. The molecule has 0 atom stereocenters. The topological polar surface area (TPSA) is 70.6 Å². The van der Waals surface area contributed by atoms with E-state index in [1.807, 2.05) is 0 Å². The second-order valence-electron chi connectivity index (χ2n) is 7.19. The summed E-state index contributed by atoms with van der Waals surface area (Å²) in [6, 6.07) is 8.62. The highest BCUT2D eigenvalue weighted by molar-refractivity contribution is 9.10. The maximum Gasteiger partial charge on any atom is 0.191 e. The largest absolute Gasteiger partial charge is 0.356 e. The Morgan fingerprint density at radius 1 is 1.23 bits per heavy atom. The van der Waals surface area contributed by atoms with Gasteiger partial charge >= 0.3 is 0 Å². The number of halogens is 1. The van der Waals surface area contributed by atoms with Crippen LogP contribution in [0.25, 0.3) is 0 Å². The number of sulfone groups is 1. The van der Waals surface area contributed by atoms with Crippen molar-refractivity contribution in [2.45, 2.75) is 43.9 Å². The number of nitrogens with one attached hydrogen (secondary N) is 2. The van der Waals surface area contributed by atoms with E-state index in [1.54, 1.807) is 7.05 Å². The average Bonchev–Trinajstić information content (AvgIpc) is 2.61. The van der Waals surface area contributed by atoms with Crippen LogP contribution < -0.4 is 10.6 Å². The number of benzene rings is 1.